The summed E-state index contributed by atoms with van der Waals surface area (Å²) in [5.41, 5.74) is 0.488. The van der Waals surface area contributed by atoms with Crippen molar-refractivity contribution in [3.63, 3.8) is 0 Å². The van der Waals surface area contributed by atoms with Crippen molar-refractivity contribution in [2.75, 3.05) is 13.1 Å². The SMILES string of the molecule is CCC1(CN2CCC(NC(C)C)C2=O)CC1. The molecule has 1 saturated heterocycles. The molecular formula is C13H24N2O. The van der Waals surface area contributed by atoms with Gasteiger partial charge in [-0.2, -0.15) is 0 Å². The Morgan fingerprint density at radius 1 is 1.50 bits per heavy atom. The maximum atomic E-state index is 12.1. The summed E-state index contributed by atoms with van der Waals surface area (Å²) in [7, 11) is 0. The monoisotopic (exact) mass is 224 g/mol. The van der Waals surface area contributed by atoms with Crippen molar-refractivity contribution < 1.29 is 4.79 Å². The fourth-order valence-corrected chi connectivity index (χ4v) is 2.66. The Hall–Kier alpha value is -0.570. The van der Waals surface area contributed by atoms with Gasteiger partial charge in [-0.15, -0.1) is 0 Å². The van der Waals surface area contributed by atoms with Gasteiger partial charge in [0.1, 0.15) is 0 Å². The summed E-state index contributed by atoms with van der Waals surface area (Å²) in [6.45, 7) is 8.40. The van der Waals surface area contributed by atoms with Crippen LogP contribution in [0.2, 0.25) is 0 Å². The fourth-order valence-electron chi connectivity index (χ4n) is 2.66. The van der Waals surface area contributed by atoms with Gasteiger partial charge in [0.15, 0.2) is 0 Å². The average molecular weight is 224 g/mol. The van der Waals surface area contributed by atoms with E-state index in [1.54, 1.807) is 0 Å². The van der Waals surface area contributed by atoms with Crippen LogP contribution in [-0.2, 0) is 4.79 Å². The fraction of sp³-hybridized carbons (Fsp3) is 0.923. The molecule has 1 atom stereocenters. The second-order valence-electron chi connectivity index (χ2n) is 5.78. The first kappa shape index (κ1) is 11.9. The minimum Gasteiger partial charge on any atom is -0.341 e. The lowest BCUT2D eigenvalue weighted by atomic mass is 10.0. The molecule has 16 heavy (non-hydrogen) atoms. The highest BCUT2D eigenvalue weighted by molar-refractivity contribution is 5.84. The van der Waals surface area contributed by atoms with Gasteiger partial charge in [0.2, 0.25) is 5.91 Å². The Morgan fingerprint density at radius 2 is 2.19 bits per heavy atom. The largest absolute Gasteiger partial charge is 0.341 e. The Balaban J connectivity index is 1.87. The lowest BCUT2D eigenvalue weighted by Gasteiger charge is -2.23. The van der Waals surface area contributed by atoms with Crippen molar-refractivity contribution in [1.29, 1.82) is 0 Å². The molecule has 2 rings (SSSR count). The summed E-state index contributed by atoms with van der Waals surface area (Å²) in [6, 6.07) is 0.475. The quantitative estimate of drug-likeness (QED) is 0.772. The van der Waals surface area contributed by atoms with Gasteiger partial charge >= 0.3 is 0 Å². The van der Waals surface area contributed by atoms with Crippen LogP contribution < -0.4 is 5.32 Å². The lowest BCUT2D eigenvalue weighted by Crippen LogP contribution is -2.42. The molecule has 2 aliphatic rings. The molecule has 1 aliphatic heterocycles. The Morgan fingerprint density at radius 3 is 2.69 bits per heavy atom. The Bertz CT molecular complexity index is 271. The number of likely N-dealkylation sites (tertiary alicyclic amines) is 1. The number of hydrogen-bond acceptors (Lipinski definition) is 2. The molecule has 0 aromatic heterocycles. The molecule has 0 bridgehead atoms. The van der Waals surface area contributed by atoms with Crippen LogP contribution in [0.5, 0.6) is 0 Å². The van der Waals surface area contributed by atoms with E-state index in [-0.39, 0.29) is 6.04 Å². The summed E-state index contributed by atoms with van der Waals surface area (Å²) < 4.78 is 0. The average Bonchev–Trinajstić information content (AvgIpc) is 2.94. The minimum atomic E-state index is 0.0765. The summed E-state index contributed by atoms with van der Waals surface area (Å²) in [6.07, 6.45) is 4.83. The van der Waals surface area contributed by atoms with Gasteiger partial charge in [0, 0.05) is 19.1 Å². The number of amides is 1. The number of rotatable bonds is 5. The molecule has 1 N–H and O–H groups in total. The van der Waals surface area contributed by atoms with Crippen molar-refractivity contribution in [1.82, 2.24) is 10.2 Å². The molecule has 0 radical (unpaired) electrons. The molecule has 92 valence electrons. The van der Waals surface area contributed by atoms with Gasteiger partial charge in [-0.25, -0.2) is 0 Å². The van der Waals surface area contributed by atoms with Gasteiger partial charge in [-0.05, 0) is 31.1 Å². The van der Waals surface area contributed by atoms with Crippen LogP contribution in [0.25, 0.3) is 0 Å². The highest BCUT2D eigenvalue weighted by Gasteiger charge is 2.45. The molecule has 0 spiro atoms. The van der Waals surface area contributed by atoms with E-state index in [4.69, 9.17) is 0 Å². The van der Waals surface area contributed by atoms with Gasteiger partial charge in [-0.1, -0.05) is 20.8 Å². The van der Waals surface area contributed by atoms with E-state index in [9.17, 15) is 4.79 Å². The summed E-state index contributed by atoms with van der Waals surface area (Å²) >= 11 is 0. The second kappa shape index (κ2) is 4.36. The molecule has 0 aromatic carbocycles. The van der Waals surface area contributed by atoms with Gasteiger partial charge < -0.3 is 10.2 Å². The smallest absolute Gasteiger partial charge is 0.239 e. The van der Waals surface area contributed by atoms with E-state index >= 15 is 0 Å². The summed E-state index contributed by atoms with van der Waals surface area (Å²) in [5.74, 6) is 0.327. The lowest BCUT2D eigenvalue weighted by molar-refractivity contribution is -0.130. The second-order valence-corrected chi connectivity index (χ2v) is 5.78. The molecule has 3 heteroatoms. The zero-order valence-corrected chi connectivity index (χ0v) is 10.8. The highest BCUT2D eigenvalue weighted by Crippen LogP contribution is 2.49. The van der Waals surface area contributed by atoms with Gasteiger partial charge in [0.05, 0.1) is 6.04 Å². The third-order valence-electron chi connectivity index (χ3n) is 4.07. The topological polar surface area (TPSA) is 32.3 Å². The first-order valence-electron chi connectivity index (χ1n) is 6.61. The molecular weight excluding hydrogens is 200 g/mol. The van der Waals surface area contributed by atoms with Crippen LogP contribution >= 0.6 is 0 Å². The zero-order valence-electron chi connectivity index (χ0n) is 10.8. The van der Waals surface area contributed by atoms with Crippen LogP contribution in [0, 0.1) is 5.41 Å². The number of carbonyl (C=O) groups is 1. The van der Waals surface area contributed by atoms with Crippen molar-refractivity contribution >= 4 is 5.91 Å². The first-order valence-corrected chi connectivity index (χ1v) is 6.61. The number of hydrogen-bond donors (Lipinski definition) is 1. The summed E-state index contributed by atoms with van der Waals surface area (Å²) in [5, 5.41) is 3.35. The van der Waals surface area contributed by atoms with E-state index in [1.165, 1.54) is 19.3 Å². The Labute approximate surface area is 98.6 Å². The number of nitrogens with one attached hydrogen (secondary N) is 1. The van der Waals surface area contributed by atoms with Crippen molar-refractivity contribution in [3.05, 3.63) is 0 Å². The number of nitrogens with zero attached hydrogens (tertiary/aromatic N) is 1. The Kier molecular flexibility index (Phi) is 3.24. The molecule has 3 nitrogen and oxygen atoms in total. The van der Waals surface area contributed by atoms with E-state index < -0.39 is 0 Å². The molecule has 1 saturated carbocycles. The van der Waals surface area contributed by atoms with Crippen LogP contribution in [0.1, 0.15) is 46.5 Å². The van der Waals surface area contributed by atoms with Crippen LogP contribution in [0.15, 0.2) is 0 Å². The first-order chi connectivity index (χ1) is 7.56. The van der Waals surface area contributed by atoms with Crippen LogP contribution in [0.3, 0.4) is 0 Å². The standard InChI is InChI=1S/C13H24N2O/c1-4-13(6-7-13)9-15-8-5-11(12(15)16)14-10(2)3/h10-11,14H,4-9H2,1-3H3. The predicted octanol–water partition coefficient (Wildman–Crippen LogP) is 1.78. The van der Waals surface area contributed by atoms with Crippen molar-refractivity contribution in [2.45, 2.75) is 58.5 Å². The molecule has 1 heterocycles. The normalized spacial score (nSPS) is 27.9. The molecule has 1 aliphatic carbocycles. The third-order valence-corrected chi connectivity index (χ3v) is 4.07. The van der Waals surface area contributed by atoms with Gasteiger partial charge in [0.25, 0.3) is 0 Å². The van der Waals surface area contributed by atoms with Crippen LogP contribution in [-0.4, -0.2) is 36.0 Å². The van der Waals surface area contributed by atoms with E-state index in [0.29, 0.717) is 17.4 Å². The van der Waals surface area contributed by atoms with E-state index in [2.05, 4.69) is 31.0 Å². The minimum absolute atomic E-state index is 0.0765. The maximum absolute atomic E-state index is 12.1. The van der Waals surface area contributed by atoms with E-state index in [0.717, 1.165) is 19.5 Å². The molecule has 1 amide bonds. The third kappa shape index (κ3) is 2.40. The molecule has 2 fully saturated rings. The van der Waals surface area contributed by atoms with E-state index in [1.807, 2.05) is 0 Å². The highest BCUT2D eigenvalue weighted by atomic mass is 16.2. The van der Waals surface area contributed by atoms with Crippen LogP contribution in [0.4, 0.5) is 0 Å². The molecule has 1 unspecified atom stereocenters. The maximum Gasteiger partial charge on any atom is 0.239 e. The molecule has 0 aromatic rings. The predicted molar refractivity (Wildman–Crippen MR) is 65.2 cm³/mol. The van der Waals surface area contributed by atoms with Gasteiger partial charge in [-0.3, -0.25) is 4.79 Å². The zero-order chi connectivity index (χ0) is 11.8. The number of carbonyl (C=O) groups excluding carboxylic acids is 1. The van der Waals surface area contributed by atoms with Crippen molar-refractivity contribution in [2.24, 2.45) is 5.41 Å². The summed E-state index contributed by atoms with van der Waals surface area (Å²) in [4.78, 5) is 14.2. The van der Waals surface area contributed by atoms with Crippen molar-refractivity contribution in [3.8, 4) is 0 Å².